The second-order valence-electron chi connectivity index (χ2n) is 4.96. The van der Waals surface area contributed by atoms with Gasteiger partial charge in [0.2, 0.25) is 5.91 Å². The maximum Gasteiger partial charge on any atom is 0.228 e. The molecule has 1 heterocycles. The van der Waals surface area contributed by atoms with Gasteiger partial charge in [-0.05, 0) is 59.0 Å². The van der Waals surface area contributed by atoms with Gasteiger partial charge in [0.05, 0.1) is 16.6 Å². The van der Waals surface area contributed by atoms with Crippen molar-refractivity contribution in [3.8, 4) is 0 Å². The zero-order valence-corrected chi connectivity index (χ0v) is 13.4. The number of aryl methyl sites for hydroxylation is 3. The number of rotatable bonds is 3. The minimum atomic E-state index is -0.0248. The van der Waals surface area contributed by atoms with Crippen molar-refractivity contribution in [2.24, 2.45) is 0 Å². The van der Waals surface area contributed by atoms with Gasteiger partial charge in [0.25, 0.3) is 0 Å². The van der Waals surface area contributed by atoms with Gasteiger partial charge in [0, 0.05) is 12.4 Å². The Morgan fingerprint density at radius 1 is 1.15 bits per heavy atom. The van der Waals surface area contributed by atoms with Crippen LogP contribution in [-0.4, -0.2) is 10.9 Å². The monoisotopic (exact) mass is 332 g/mol. The molecule has 0 saturated heterocycles. The summed E-state index contributed by atoms with van der Waals surface area (Å²) in [6.07, 6.45) is 3.78. The molecule has 1 N–H and O–H groups in total. The van der Waals surface area contributed by atoms with Crippen molar-refractivity contribution < 1.29 is 4.79 Å². The maximum atomic E-state index is 12.1. The number of aromatic nitrogens is 1. The van der Waals surface area contributed by atoms with E-state index in [-0.39, 0.29) is 5.91 Å². The van der Waals surface area contributed by atoms with Crippen molar-refractivity contribution in [2.75, 3.05) is 5.32 Å². The van der Waals surface area contributed by atoms with Crippen LogP contribution in [0.15, 0.2) is 35.1 Å². The molecule has 0 saturated carbocycles. The van der Waals surface area contributed by atoms with Crippen molar-refractivity contribution in [3.05, 3.63) is 57.3 Å². The number of hydrogen-bond donors (Lipinski definition) is 1. The lowest BCUT2D eigenvalue weighted by Crippen LogP contribution is -2.15. The molecule has 0 aliphatic heterocycles. The number of halogens is 1. The summed E-state index contributed by atoms with van der Waals surface area (Å²) in [7, 11) is 0. The van der Waals surface area contributed by atoms with E-state index in [1.54, 1.807) is 12.4 Å². The molecule has 2 rings (SSSR count). The van der Waals surface area contributed by atoms with Crippen LogP contribution in [0, 0.1) is 20.8 Å². The maximum absolute atomic E-state index is 12.1. The Bertz CT molecular complexity index is 633. The normalized spacial score (nSPS) is 10.4. The highest BCUT2D eigenvalue weighted by molar-refractivity contribution is 9.10. The molecular formula is C16H17BrN2O. The van der Waals surface area contributed by atoms with Gasteiger partial charge >= 0.3 is 0 Å². The van der Waals surface area contributed by atoms with Crippen molar-refractivity contribution in [3.63, 3.8) is 0 Å². The van der Waals surface area contributed by atoms with Gasteiger partial charge in [-0.1, -0.05) is 18.2 Å². The molecule has 1 amide bonds. The number of nitrogens with one attached hydrogen (secondary N) is 1. The predicted octanol–water partition coefficient (Wildman–Crippen LogP) is 3.95. The van der Waals surface area contributed by atoms with Crippen molar-refractivity contribution >= 4 is 27.5 Å². The van der Waals surface area contributed by atoms with Gasteiger partial charge in [0.1, 0.15) is 0 Å². The number of carbonyl (C=O) groups is 1. The van der Waals surface area contributed by atoms with E-state index in [1.807, 2.05) is 19.1 Å². The highest BCUT2D eigenvalue weighted by atomic mass is 79.9. The smallest absolute Gasteiger partial charge is 0.228 e. The molecule has 0 aliphatic carbocycles. The quantitative estimate of drug-likeness (QED) is 0.924. The van der Waals surface area contributed by atoms with Crippen molar-refractivity contribution in [1.82, 2.24) is 4.98 Å². The molecule has 0 bridgehead atoms. The van der Waals surface area contributed by atoms with E-state index in [1.165, 1.54) is 11.1 Å². The fourth-order valence-electron chi connectivity index (χ4n) is 1.97. The molecular weight excluding hydrogens is 316 g/mol. The molecule has 0 fully saturated rings. The Balaban J connectivity index is 2.11. The van der Waals surface area contributed by atoms with Crippen LogP contribution < -0.4 is 5.32 Å². The van der Waals surface area contributed by atoms with Crippen LogP contribution in [0.3, 0.4) is 0 Å². The zero-order chi connectivity index (χ0) is 14.7. The first-order valence-corrected chi connectivity index (χ1v) is 7.22. The number of anilines is 1. The van der Waals surface area contributed by atoms with Crippen LogP contribution in [0.2, 0.25) is 0 Å². The van der Waals surface area contributed by atoms with E-state index >= 15 is 0 Å². The summed E-state index contributed by atoms with van der Waals surface area (Å²) in [5, 5.41) is 2.94. The van der Waals surface area contributed by atoms with Crippen molar-refractivity contribution in [2.45, 2.75) is 27.2 Å². The predicted molar refractivity (Wildman–Crippen MR) is 84.9 cm³/mol. The number of pyridine rings is 1. The second-order valence-corrected chi connectivity index (χ2v) is 5.81. The molecule has 104 valence electrons. The zero-order valence-electron chi connectivity index (χ0n) is 11.8. The van der Waals surface area contributed by atoms with Crippen LogP contribution in [0.1, 0.15) is 22.3 Å². The molecule has 1 aromatic heterocycles. The van der Waals surface area contributed by atoms with Crippen LogP contribution in [0.4, 0.5) is 5.69 Å². The fraction of sp³-hybridized carbons (Fsp3) is 0.250. The Kier molecular flexibility index (Phi) is 4.55. The van der Waals surface area contributed by atoms with Gasteiger partial charge in [-0.3, -0.25) is 9.78 Å². The molecule has 3 nitrogen and oxygen atoms in total. The molecule has 0 unspecified atom stereocenters. The van der Waals surface area contributed by atoms with E-state index < -0.39 is 0 Å². The van der Waals surface area contributed by atoms with Crippen LogP contribution in [0.5, 0.6) is 0 Å². The average Bonchev–Trinajstić information content (AvgIpc) is 2.38. The minimum Gasteiger partial charge on any atom is -0.324 e. The summed E-state index contributed by atoms with van der Waals surface area (Å²) in [5.41, 5.74) is 5.19. The summed E-state index contributed by atoms with van der Waals surface area (Å²) < 4.78 is 0.797. The average molecular weight is 333 g/mol. The molecule has 4 heteroatoms. The minimum absolute atomic E-state index is 0.0248. The molecule has 0 radical (unpaired) electrons. The first-order valence-electron chi connectivity index (χ1n) is 6.43. The van der Waals surface area contributed by atoms with Gasteiger partial charge in [-0.2, -0.15) is 0 Å². The van der Waals surface area contributed by atoms with Crippen LogP contribution in [-0.2, 0) is 11.2 Å². The summed E-state index contributed by atoms with van der Waals surface area (Å²) >= 11 is 3.40. The molecule has 20 heavy (non-hydrogen) atoms. The third-order valence-corrected chi connectivity index (χ3v) is 3.89. The lowest BCUT2D eigenvalue weighted by atomic mass is 10.0. The SMILES string of the molecule is Cc1ccc(CC(=O)Nc2c(C)cncc2Br)cc1C. The second kappa shape index (κ2) is 6.18. The standard InChI is InChI=1S/C16H17BrN2O/c1-10-4-5-13(6-11(10)2)7-15(20)19-16-12(3)8-18-9-14(16)17/h4-6,8-9H,7H2,1-3H3,(H,18,19,20). The Labute approximate surface area is 127 Å². The van der Waals surface area contributed by atoms with E-state index in [9.17, 15) is 4.79 Å². The molecule has 0 spiro atoms. The Hall–Kier alpha value is -1.68. The third kappa shape index (κ3) is 3.45. The number of hydrogen-bond acceptors (Lipinski definition) is 2. The Morgan fingerprint density at radius 2 is 1.90 bits per heavy atom. The lowest BCUT2D eigenvalue weighted by molar-refractivity contribution is -0.115. The van der Waals surface area contributed by atoms with Gasteiger partial charge in [-0.25, -0.2) is 0 Å². The van der Waals surface area contributed by atoms with E-state index in [0.29, 0.717) is 6.42 Å². The number of nitrogens with zero attached hydrogens (tertiary/aromatic N) is 1. The van der Waals surface area contributed by atoms with Gasteiger partial charge in [-0.15, -0.1) is 0 Å². The van der Waals surface area contributed by atoms with Crippen LogP contribution in [0.25, 0.3) is 0 Å². The highest BCUT2D eigenvalue weighted by Crippen LogP contribution is 2.24. The number of benzene rings is 1. The summed E-state index contributed by atoms with van der Waals surface area (Å²) in [4.78, 5) is 16.2. The summed E-state index contributed by atoms with van der Waals surface area (Å²) in [6.45, 7) is 6.04. The van der Waals surface area contributed by atoms with Crippen molar-refractivity contribution in [1.29, 1.82) is 0 Å². The summed E-state index contributed by atoms with van der Waals surface area (Å²) in [5.74, 6) is -0.0248. The summed E-state index contributed by atoms with van der Waals surface area (Å²) in [6, 6.07) is 6.10. The molecule has 2 aromatic rings. The Morgan fingerprint density at radius 3 is 2.55 bits per heavy atom. The molecule has 0 aliphatic rings. The van der Waals surface area contributed by atoms with Gasteiger partial charge in [0.15, 0.2) is 0 Å². The molecule has 0 atom stereocenters. The van der Waals surface area contributed by atoms with Gasteiger partial charge < -0.3 is 5.32 Å². The first kappa shape index (κ1) is 14.7. The number of amides is 1. The topological polar surface area (TPSA) is 42.0 Å². The lowest BCUT2D eigenvalue weighted by Gasteiger charge is -2.10. The van der Waals surface area contributed by atoms with E-state index in [2.05, 4.69) is 46.1 Å². The highest BCUT2D eigenvalue weighted by Gasteiger charge is 2.09. The van der Waals surface area contributed by atoms with E-state index in [0.717, 1.165) is 21.3 Å². The third-order valence-electron chi connectivity index (χ3n) is 3.29. The van der Waals surface area contributed by atoms with E-state index in [4.69, 9.17) is 0 Å². The molecule has 1 aromatic carbocycles. The largest absolute Gasteiger partial charge is 0.324 e. The number of carbonyl (C=O) groups excluding carboxylic acids is 1. The fourth-order valence-corrected chi connectivity index (χ4v) is 2.50. The van der Waals surface area contributed by atoms with Crippen LogP contribution >= 0.6 is 15.9 Å². The first-order chi connectivity index (χ1) is 9.47.